The number of rotatable bonds is 5. The summed E-state index contributed by atoms with van der Waals surface area (Å²) in [5.41, 5.74) is 7.39. The maximum atomic E-state index is 7.54. The molecule has 0 fully saturated rings. The molecule has 3 N–H and O–H groups in total. The molecule has 0 radical (unpaired) electrons. The van der Waals surface area contributed by atoms with E-state index in [2.05, 4.69) is 34.1 Å². The van der Waals surface area contributed by atoms with Crippen molar-refractivity contribution in [3.05, 3.63) is 95.8 Å². The summed E-state index contributed by atoms with van der Waals surface area (Å²) in [6.45, 7) is 5.83. The number of aryl methyl sites for hydroxylation is 1. The molecule has 0 atom stereocenters. The van der Waals surface area contributed by atoms with Gasteiger partial charge in [0.15, 0.2) is 0 Å². The van der Waals surface area contributed by atoms with Crippen LogP contribution in [-0.2, 0) is 0 Å². The van der Waals surface area contributed by atoms with E-state index in [1.165, 1.54) is 6.21 Å². The summed E-state index contributed by atoms with van der Waals surface area (Å²) in [7, 11) is 1.78. The van der Waals surface area contributed by atoms with Crippen molar-refractivity contribution < 1.29 is 0 Å². The summed E-state index contributed by atoms with van der Waals surface area (Å²) in [6.07, 6.45) is 9.91. The molecule has 0 unspecified atom stereocenters. The van der Waals surface area contributed by atoms with Crippen LogP contribution in [0.4, 0.5) is 0 Å². The summed E-state index contributed by atoms with van der Waals surface area (Å²) in [6, 6.07) is 11.6. The highest BCUT2D eigenvalue weighted by atomic mass is 15.4. The van der Waals surface area contributed by atoms with Crippen LogP contribution in [0.5, 0.6) is 0 Å². The highest BCUT2D eigenvalue weighted by molar-refractivity contribution is 5.77. The Morgan fingerprint density at radius 1 is 1.26 bits per heavy atom. The van der Waals surface area contributed by atoms with Gasteiger partial charge in [0.05, 0.1) is 11.9 Å². The maximum absolute atomic E-state index is 7.54. The van der Waals surface area contributed by atoms with Crippen molar-refractivity contribution in [1.82, 2.24) is 15.0 Å². The van der Waals surface area contributed by atoms with Crippen LogP contribution in [0.1, 0.15) is 22.4 Å². The van der Waals surface area contributed by atoms with Crippen LogP contribution in [0.25, 0.3) is 6.08 Å². The molecule has 136 valence electrons. The molecule has 0 aliphatic rings. The van der Waals surface area contributed by atoms with Crippen molar-refractivity contribution in [1.29, 1.82) is 5.41 Å². The number of aromatic nitrogens is 2. The van der Waals surface area contributed by atoms with Gasteiger partial charge in [-0.2, -0.15) is 0 Å². The highest BCUT2D eigenvalue weighted by Crippen LogP contribution is 2.11. The molecule has 2 rings (SSSR count). The van der Waals surface area contributed by atoms with Gasteiger partial charge in [0, 0.05) is 37.4 Å². The van der Waals surface area contributed by atoms with Gasteiger partial charge in [-0.15, -0.1) is 0 Å². The lowest BCUT2D eigenvalue weighted by Crippen LogP contribution is -2.18. The molecule has 0 saturated carbocycles. The number of hydrogen-bond acceptors (Lipinski definition) is 4. The molecule has 0 saturated heterocycles. The molecule has 0 amide bonds. The highest BCUT2D eigenvalue weighted by Gasteiger charge is 1.98. The normalized spacial score (nSPS) is 10.1. The Morgan fingerprint density at radius 2 is 2.11 bits per heavy atom. The first-order valence-corrected chi connectivity index (χ1v) is 8.43. The molecule has 5 nitrogen and oxygen atoms in total. The molecule has 0 aliphatic carbocycles. The molecule has 0 aliphatic heterocycles. The van der Waals surface area contributed by atoms with Gasteiger partial charge in [-0.1, -0.05) is 36.8 Å². The third-order valence-corrected chi connectivity index (χ3v) is 3.61. The fraction of sp³-hybridized carbons (Fsp3) is 0.0909. The fourth-order valence-electron chi connectivity index (χ4n) is 2.18. The van der Waals surface area contributed by atoms with E-state index in [4.69, 9.17) is 5.41 Å². The first-order valence-electron chi connectivity index (χ1n) is 8.43. The van der Waals surface area contributed by atoms with Crippen molar-refractivity contribution in [2.45, 2.75) is 6.92 Å². The van der Waals surface area contributed by atoms with Gasteiger partial charge < -0.3 is 10.7 Å². The van der Waals surface area contributed by atoms with Crippen molar-refractivity contribution in [2.24, 2.45) is 0 Å². The van der Waals surface area contributed by atoms with E-state index in [0.29, 0.717) is 11.4 Å². The minimum Gasteiger partial charge on any atom is -0.392 e. The largest absolute Gasteiger partial charge is 0.392 e. The van der Waals surface area contributed by atoms with E-state index in [0.717, 1.165) is 16.7 Å². The average molecular weight is 357 g/mol. The van der Waals surface area contributed by atoms with Gasteiger partial charge >= 0.3 is 0 Å². The molecular weight excluding hydrogens is 334 g/mol. The minimum atomic E-state index is 0.576. The molecule has 0 spiro atoms. The smallest absolute Gasteiger partial charge is 0.131 e. The van der Waals surface area contributed by atoms with Gasteiger partial charge in [0.2, 0.25) is 0 Å². The van der Waals surface area contributed by atoms with Crippen LogP contribution in [0.2, 0.25) is 0 Å². The monoisotopic (exact) mass is 357 g/mol. The van der Waals surface area contributed by atoms with Gasteiger partial charge in [0.25, 0.3) is 0 Å². The topological polar surface area (TPSA) is 65.7 Å². The van der Waals surface area contributed by atoms with E-state index >= 15 is 0 Å². The number of nitrogens with zero attached hydrogens (tertiary/aromatic N) is 2. The van der Waals surface area contributed by atoms with Gasteiger partial charge in [0.1, 0.15) is 5.69 Å². The zero-order valence-electron chi connectivity index (χ0n) is 15.5. The van der Waals surface area contributed by atoms with Gasteiger partial charge in [-0.05, 0) is 42.2 Å². The Balaban J connectivity index is 2.56. The van der Waals surface area contributed by atoms with Crippen LogP contribution < -0.4 is 10.7 Å². The van der Waals surface area contributed by atoms with E-state index < -0.39 is 0 Å². The minimum absolute atomic E-state index is 0.576. The van der Waals surface area contributed by atoms with Crippen molar-refractivity contribution in [3.63, 3.8) is 0 Å². The quantitative estimate of drug-likeness (QED) is 0.566. The van der Waals surface area contributed by atoms with Crippen LogP contribution in [0, 0.1) is 24.2 Å². The van der Waals surface area contributed by atoms with Gasteiger partial charge in [-0.25, -0.2) is 0 Å². The summed E-state index contributed by atoms with van der Waals surface area (Å²) < 4.78 is 1.72. The SMILES string of the molecule is C=Cc1ccc(C)c(C#Cc2cncccccn2N/C(C=N)=C/NC)c1. The van der Waals surface area contributed by atoms with Crippen molar-refractivity contribution in [3.8, 4) is 11.8 Å². The molecule has 5 heteroatoms. The summed E-state index contributed by atoms with van der Waals surface area (Å²) in [4.78, 5) is 4.26. The van der Waals surface area contributed by atoms with Crippen molar-refractivity contribution >= 4 is 12.3 Å². The molecule has 27 heavy (non-hydrogen) atoms. The second-order valence-corrected chi connectivity index (χ2v) is 5.58. The molecule has 2 aromatic rings. The number of nitrogens with one attached hydrogen (secondary N) is 3. The molecule has 1 aromatic heterocycles. The molecular formula is C22H23N5. The number of hydrogen-bond donors (Lipinski definition) is 3. The average Bonchev–Trinajstić information content (AvgIpc) is 2.79. The lowest BCUT2D eigenvalue weighted by Gasteiger charge is -2.11. The fourth-order valence-corrected chi connectivity index (χ4v) is 2.18. The number of benzene rings is 1. The molecule has 1 heterocycles. The number of allylic oxidation sites excluding steroid dienone is 1. The van der Waals surface area contributed by atoms with Crippen molar-refractivity contribution in [2.75, 3.05) is 12.5 Å². The van der Waals surface area contributed by atoms with Crippen LogP contribution in [0.3, 0.4) is 0 Å². The zero-order chi connectivity index (χ0) is 19.5. The summed E-state index contributed by atoms with van der Waals surface area (Å²) in [5.74, 6) is 6.38. The Labute approximate surface area is 160 Å². The van der Waals surface area contributed by atoms with Crippen LogP contribution in [-0.4, -0.2) is 22.9 Å². The lowest BCUT2D eigenvalue weighted by molar-refractivity contribution is 0.904. The lowest BCUT2D eigenvalue weighted by atomic mass is 10.1. The summed E-state index contributed by atoms with van der Waals surface area (Å²) >= 11 is 0. The summed E-state index contributed by atoms with van der Waals surface area (Å²) in [5, 5.41) is 10.4. The Morgan fingerprint density at radius 3 is 2.85 bits per heavy atom. The standard InChI is InChI=1S/C22H23N5/c1-4-19-9-8-18(2)20(14-19)10-11-22-17-25-12-6-5-7-13-27(22)26-21(15-23)16-24-3/h4-9,12-17,23-24,26H,1H2,2-3H3/b6-5?,13-7?,21-16+,22-17?,23-15?,25-12?. The second kappa shape index (κ2) is 10.3. The molecule has 1 aromatic carbocycles. The Bertz CT molecular complexity index is 956. The second-order valence-electron chi connectivity index (χ2n) is 5.58. The first-order chi connectivity index (χ1) is 13.2. The predicted molar refractivity (Wildman–Crippen MR) is 112 cm³/mol. The van der Waals surface area contributed by atoms with Gasteiger partial charge in [-0.3, -0.25) is 15.1 Å². The predicted octanol–water partition coefficient (Wildman–Crippen LogP) is 3.61. The zero-order valence-corrected chi connectivity index (χ0v) is 15.5. The first kappa shape index (κ1) is 19.5. The molecule has 0 bridgehead atoms. The van der Waals surface area contributed by atoms with E-state index in [1.54, 1.807) is 36.4 Å². The van der Waals surface area contributed by atoms with Crippen LogP contribution in [0.15, 0.2) is 73.5 Å². The van der Waals surface area contributed by atoms with E-state index in [-0.39, 0.29) is 0 Å². The van der Waals surface area contributed by atoms with Crippen LogP contribution >= 0.6 is 0 Å². The van der Waals surface area contributed by atoms with E-state index in [9.17, 15) is 0 Å². The Hall–Kier alpha value is -3.78. The third-order valence-electron chi connectivity index (χ3n) is 3.61. The Kier molecular flexibility index (Phi) is 7.43. The van der Waals surface area contributed by atoms with E-state index in [1.807, 2.05) is 49.5 Å². The maximum Gasteiger partial charge on any atom is 0.131 e. The third kappa shape index (κ3) is 5.91.